The summed E-state index contributed by atoms with van der Waals surface area (Å²) in [6, 6.07) is 9.99. The first-order valence-corrected chi connectivity index (χ1v) is 6.65. The van der Waals surface area contributed by atoms with Gasteiger partial charge in [-0.1, -0.05) is 18.6 Å². The number of benzene rings is 1. The lowest BCUT2D eigenvalue weighted by atomic mass is 9.98. The van der Waals surface area contributed by atoms with Gasteiger partial charge >= 0.3 is 0 Å². The molecule has 3 atom stereocenters. The predicted octanol–water partition coefficient (Wildman–Crippen LogP) is 3.24. The van der Waals surface area contributed by atoms with E-state index in [-0.39, 0.29) is 0 Å². The van der Waals surface area contributed by atoms with Gasteiger partial charge in [-0.05, 0) is 49.9 Å². The Morgan fingerprint density at radius 1 is 1.29 bits per heavy atom. The second-order valence-corrected chi connectivity index (χ2v) is 5.45. The highest BCUT2D eigenvalue weighted by Crippen LogP contribution is 2.46. The Balaban J connectivity index is 1.84. The van der Waals surface area contributed by atoms with Gasteiger partial charge in [0.15, 0.2) is 0 Å². The Kier molecular flexibility index (Phi) is 2.83. The fourth-order valence-electron chi connectivity index (χ4n) is 3.73. The van der Waals surface area contributed by atoms with Crippen molar-refractivity contribution in [3.8, 4) is 5.75 Å². The molecule has 0 aromatic heterocycles. The summed E-state index contributed by atoms with van der Waals surface area (Å²) in [5.74, 6) is 1.91. The fraction of sp³-hybridized carbons (Fsp3) is 0.600. The SMILES string of the molecule is COc1cccc(C2CC3CCCC3N2C)c1. The molecule has 0 radical (unpaired) electrons. The van der Waals surface area contributed by atoms with Crippen LogP contribution in [0.25, 0.3) is 0 Å². The van der Waals surface area contributed by atoms with Crippen LogP contribution in [-0.2, 0) is 0 Å². The molecule has 92 valence electrons. The molecule has 0 N–H and O–H groups in total. The van der Waals surface area contributed by atoms with E-state index in [0.717, 1.165) is 17.7 Å². The van der Waals surface area contributed by atoms with Crippen LogP contribution in [0, 0.1) is 5.92 Å². The molecule has 0 spiro atoms. The van der Waals surface area contributed by atoms with Crippen LogP contribution < -0.4 is 4.74 Å². The van der Waals surface area contributed by atoms with E-state index in [2.05, 4.69) is 30.1 Å². The first-order chi connectivity index (χ1) is 8.29. The molecule has 1 heterocycles. The average molecular weight is 231 g/mol. The standard InChI is InChI=1S/C15H21NO/c1-16-14-8-4-6-12(14)10-15(16)11-5-3-7-13(9-11)17-2/h3,5,7,9,12,14-15H,4,6,8,10H2,1-2H3. The number of hydrogen-bond donors (Lipinski definition) is 0. The molecule has 0 bridgehead atoms. The zero-order valence-electron chi connectivity index (χ0n) is 10.7. The number of ether oxygens (including phenoxy) is 1. The zero-order chi connectivity index (χ0) is 11.8. The zero-order valence-corrected chi connectivity index (χ0v) is 10.7. The Bertz CT molecular complexity index is 404. The number of nitrogens with zero attached hydrogens (tertiary/aromatic N) is 1. The average Bonchev–Trinajstić information content (AvgIpc) is 2.93. The van der Waals surface area contributed by atoms with Gasteiger partial charge in [0, 0.05) is 12.1 Å². The maximum atomic E-state index is 5.33. The van der Waals surface area contributed by atoms with Gasteiger partial charge in [0.2, 0.25) is 0 Å². The van der Waals surface area contributed by atoms with Crippen LogP contribution in [0.15, 0.2) is 24.3 Å². The third kappa shape index (κ3) is 1.85. The van der Waals surface area contributed by atoms with Gasteiger partial charge in [-0.15, -0.1) is 0 Å². The lowest BCUT2D eigenvalue weighted by molar-refractivity contribution is 0.235. The summed E-state index contributed by atoms with van der Waals surface area (Å²) < 4.78 is 5.33. The van der Waals surface area contributed by atoms with Crippen LogP contribution in [-0.4, -0.2) is 25.1 Å². The highest BCUT2D eigenvalue weighted by molar-refractivity contribution is 5.31. The Labute approximate surface area is 104 Å². The van der Waals surface area contributed by atoms with E-state index >= 15 is 0 Å². The van der Waals surface area contributed by atoms with Crippen molar-refractivity contribution >= 4 is 0 Å². The maximum absolute atomic E-state index is 5.33. The molecule has 2 nitrogen and oxygen atoms in total. The summed E-state index contributed by atoms with van der Waals surface area (Å²) in [5, 5.41) is 0. The fourth-order valence-corrected chi connectivity index (χ4v) is 3.73. The lowest BCUT2D eigenvalue weighted by Crippen LogP contribution is -2.27. The van der Waals surface area contributed by atoms with Crippen molar-refractivity contribution in [1.29, 1.82) is 0 Å². The Morgan fingerprint density at radius 2 is 2.18 bits per heavy atom. The number of fused-ring (bicyclic) bond motifs is 1. The number of rotatable bonds is 2. The van der Waals surface area contributed by atoms with Crippen LogP contribution in [0.3, 0.4) is 0 Å². The van der Waals surface area contributed by atoms with Crippen molar-refractivity contribution in [2.75, 3.05) is 14.2 Å². The van der Waals surface area contributed by atoms with E-state index in [1.807, 2.05) is 6.07 Å². The van der Waals surface area contributed by atoms with Crippen molar-refractivity contribution in [3.63, 3.8) is 0 Å². The molecule has 1 aromatic carbocycles. The third-order valence-corrected chi connectivity index (χ3v) is 4.64. The highest BCUT2D eigenvalue weighted by atomic mass is 16.5. The van der Waals surface area contributed by atoms with Crippen molar-refractivity contribution in [2.24, 2.45) is 5.92 Å². The first kappa shape index (κ1) is 11.1. The van der Waals surface area contributed by atoms with E-state index in [0.29, 0.717) is 6.04 Å². The smallest absolute Gasteiger partial charge is 0.119 e. The summed E-state index contributed by atoms with van der Waals surface area (Å²) >= 11 is 0. The molecule has 1 aromatic rings. The van der Waals surface area contributed by atoms with E-state index in [9.17, 15) is 0 Å². The van der Waals surface area contributed by atoms with Gasteiger partial charge in [-0.25, -0.2) is 0 Å². The molecule has 1 saturated carbocycles. The van der Waals surface area contributed by atoms with Gasteiger partial charge < -0.3 is 4.74 Å². The topological polar surface area (TPSA) is 12.5 Å². The molecule has 1 saturated heterocycles. The molecule has 1 aliphatic heterocycles. The number of hydrogen-bond acceptors (Lipinski definition) is 2. The third-order valence-electron chi connectivity index (χ3n) is 4.64. The van der Waals surface area contributed by atoms with Crippen LogP contribution >= 0.6 is 0 Å². The molecule has 1 aliphatic carbocycles. The molecule has 0 amide bonds. The molecule has 3 rings (SSSR count). The van der Waals surface area contributed by atoms with Crippen LogP contribution in [0.4, 0.5) is 0 Å². The van der Waals surface area contributed by atoms with E-state index < -0.39 is 0 Å². The number of likely N-dealkylation sites (tertiary alicyclic amines) is 1. The Hall–Kier alpha value is -1.02. The van der Waals surface area contributed by atoms with Crippen molar-refractivity contribution in [1.82, 2.24) is 4.90 Å². The predicted molar refractivity (Wildman–Crippen MR) is 69.2 cm³/mol. The minimum absolute atomic E-state index is 0.598. The Morgan fingerprint density at radius 3 is 2.94 bits per heavy atom. The van der Waals surface area contributed by atoms with E-state index in [1.165, 1.54) is 31.2 Å². The van der Waals surface area contributed by atoms with Gasteiger partial charge in [0.1, 0.15) is 5.75 Å². The van der Waals surface area contributed by atoms with Gasteiger partial charge in [-0.2, -0.15) is 0 Å². The minimum Gasteiger partial charge on any atom is -0.497 e. The highest BCUT2D eigenvalue weighted by Gasteiger charge is 2.41. The second kappa shape index (κ2) is 4.34. The van der Waals surface area contributed by atoms with Gasteiger partial charge in [-0.3, -0.25) is 4.90 Å². The molecule has 2 heteroatoms. The van der Waals surface area contributed by atoms with Gasteiger partial charge in [0.25, 0.3) is 0 Å². The first-order valence-electron chi connectivity index (χ1n) is 6.65. The van der Waals surface area contributed by atoms with Crippen LogP contribution in [0.1, 0.15) is 37.3 Å². The molecule has 2 aliphatic rings. The summed E-state index contributed by atoms with van der Waals surface area (Å²) in [5.41, 5.74) is 1.42. The minimum atomic E-state index is 0.598. The monoisotopic (exact) mass is 231 g/mol. The maximum Gasteiger partial charge on any atom is 0.119 e. The summed E-state index contributed by atoms with van der Waals surface area (Å²) in [4.78, 5) is 2.59. The molecule has 17 heavy (non-hydrogen) atoms. The molecule has 3 unspecified atom stereocenters. The molecular formula is C15H21NO. The number of methoxy groups -OCH3 is 1. The van der Waals surface area contributed by atoms with Crippen LogP contribution in [0.5, 0.6) is 5.75 Å². The summed E-state index contributed by atoms with van der Waals surface area (Å²) in [6.07, 6.45) is 5.57. The van der Waals surface area contributed by atoms with E-state index in [1.54, 1.807) is 7.11 Å². The quantitative estimate of drug-likeness (QED) is 0.774. The van der Waals surface area contributed by atoms with Gasteiger partial charge in [0.05, 0.1) is 7.11 Å². The van der Waals surface area contributed by atoms with E-state index in [4.69, 9.17) is 4.74 Å². The summed E-state index contributed by atoms with van der Waals surface area (Å²) in [7, 11) is 4.03. The van der Waals surface area contributed by atoms with Crippen LogP contribution in [0.2, 0.25) is 0 Å². The normalized spacial score (nSPS) is 32.7. The summed E-state index contributed by atoms with van der Waals surface area (Å²) in [6.45, 7) is 0. The van der Waals surface area contributed by atoms with Crippen molar-refractivity contribution < 1.29 is 4.74 Å². The van der Waals surface area contributed by atoms with Crippen molar-refractivity contribution in [2.45, 2.75) is 37.8 Å². The second-order valence-electron chi connectivity index (χ2n) is 5.45. The molecule has 2 fully saturated rings. The lowest BCUT2D eigenvalue weighted by Gasteiger charge is -2.25. The van der Waals surface area contributed by atoms with Crippen molar-refractivity contribution in [3.05, 3.63) is 29.8 Å². The largest absolute Gasteiger partial charge is 0.497 e. The molecular weight excluding hydrogens is 210 g/mol.